The van der Waals surface area contributed by atoms with Gasteiger partial charge in [-0.15, -0.1) is 0 Å². The first-order valence-corrected chi connectivity index (χ1v) is 7.73. The number of carbonyl (C=O) groups is 1. The van der Waals surface area contributed by atoms with Gasteiger partial charge in [-0.2, -0.15) is 0 Å². The fourth-order valence-corrected chi connectivity index (χ4v) is 2.60. The van der Waals surface area contributed by atoms with Crippen LogP contribution >= 0.6 is 0 Å². The Morgan fingerprint density at radius 3 is 2.88 bits per heavy atom. The van der Waals surface area contributed by atoms with Gasteiger partial charge in [-0.25, -0.2) is 0 Å². The van der Waals surface area contributed by atoms with Crippen LogP contribution in [0.2, 0.25) is 0 Å². The molecule has 24 heavy (non-hydrogen) atoms. The van der Waals surface area contributed by atoms with Crippen molar-refractivity contribution in [2.75, 3.05) is 12.4 Å². The van der Waals surface area contributed by atoms with Gasteiger partial charge in [-0.1, -0.05) is 17.3 Å². The molecule has 0 atom stereocenters. The maximum Gasteiger partial charge on any atom is 0.224 e. The van der Waals surface area contributed by atoms with Gasteiger partial charge in [0.05, 0.1) is 18.5 Å². The normalized spacial score (nSPS) is 10.8. The van der Waals surface area contributed by atoms with Crippen molar-refractivity contribution in [3.05, 3.63) is 47.5 Å². The van der Waals surface area contributed by atoms with Crippen molar-refractivity contribution in [1.29, 1.82) is 0 Å². The number of pyridine rings is 1. The van der Waals surface area contributed by atoms with E-state index >= 15 is 0 Å². The molecular formula is C18H19N3O3. The Labute approximate surface area is 139 Å². The number of nitrogens with one attached hydrogen (secondary N) is 1. The standard InChI is InChI=1S/C18H19N3O3/c1-11-10-19-18-14(5-4-6-15(18)23-3)17(11)20-16(22)8-7-13-9-12(2)21-24-13/h4-6,9-10H,7-8H2,1-3H3,(H,19,20,22). The zero-order valence-electron chi connectivity index (χ0n) is 13.9. The van der Waals surface area contributed by atoms with Gasteiger partial charge in [0.2, 0.25) is 5.91 Å². The quantitative estimate of drug-likeness (QED) is 0.778. The van der Waals surface area contributed by atoms with Crippen LogP contribution in [0.25, 0.3) is 10.9 Å². The maximum absolute atomic E-state index is 12.3. The van der Waals surface area contributed by atoms with E-state index in [0.717, 1.165) is 27.8 Å². The van der Waals surface area contributed by atoms with Crippen LogP contribution in [0, 0.1) is 13.8 Å². The Morgan fingerprint density at radius 2 is 2.17 bits per heavy atom. The number of carbonyl (C=O) groups excluding carboxylic acids is 1. The fraction of sp³-hybridized carbons (Fsp3) is 0.278. The molecule has 1 aromatic carbocycles. The van der Waals surface area contributed by atoms with Crippen LogP contribution in [0.15, 0.2) is 35.0 Å². The number of para-hydroxylation sites is 1. The summed E-state index contributed by atoms with van der Waals surface area (Å²) in [6.07, 6.45) is 2.57. The number of hydrogen-bond acceptors (Lipinski definition) is 5. The monoisotopic (exact) mass is 325 g/mol. The van der Waals surface area contributed by atoms with Crippen molar-refractivity contribution in [3.63, 3.8) is 0 Å². The van der Waals surface area contributed by atoms with E-state index in [1.807, 2.05) is 38.1 Å². The molecule has 0 unspecified atom stereocenters. The van der Waals surface area contributed by atoms with E-state index in [9.17, 15) is 4.79 Å². The van der Waals surface area contributed by atoms with E-state index in [4.69, 9.17) is 9.26 Å². The number of amides is 1. The van der Waals surface area contributed by atoms with Crippen LogP contribution in [-0.4, -0.2) is 23.2 Å². The zero-order valence-corrected chi connectivity index (χ0v) is 13.9. The Kier molecular flexibility index (Phi) is 4.46. The van der Waals surface area contributed by atoms with Gasteiger partial charge < -0.3 is 14.6 Å². The average molecular weight is 325 g/mol. The smallest absolute Gasteiger partial charge is 0.224 e. The van der Waals surface area contributed by atoms with E-state index in [1.165, 1.54) is 0 Å². The summed E-state index contributed by atoms with van der Waals surface area (Å²) >= 11 is 0. The third-order valence-electron chi connectivity index (χ3n) is 3.81. The molecule has 0 radical (unpaired) electrons. The lowest BCUT2D eigenvalue weighted by atomic mass is 10.1. The number of fused-ring (bicyclic) bond motifs is 1. The van der Waals surface area contributed by atoms with Gasteiger partial charge in [0, 0.05) is 30.5 Å². The van der Waals surface area contributed by atoms with Crippen LogP contribution < -0.4 is 10.1 Å². The highest BCUT2D eigenvalue weighted by atomic mass is 16.5. The van der Waals surface area contributed by atoms with Crippen molar-refractivity contribution in [3.8, 4) is 5.75 Å². The predicted octanol–water partition coefficient (Wildman–Crippen LogP) is 3.42. The third kappa shape index (κ3) is 3.22. The molecule has 124 valence electrons. The summed E-state index contributed by atoms with van der Waals surface area (Å²) in [5.74, 6) is 1.31. The lowest BCUT2D eigenvalue weighted by Gasteiger charge is -2.13. The van der Waals surface area contributed by atoms with Crippen molar-refractivity contribution in [1.82, 2.24) is 10.1 Å². The van der Waals surface area contributed by atoms with Gasteiger partial charge >= 0.3 is 0 Å². The second-order valence-corrected chi connectivity index (χ2v) is 5.66. The molecule has 1 amide bonds. The molecule has 3 rings (SSSR count). The van der Waals surface area contributed by atoms with E-state index < -0.39 is 0 Å². The molecule has 0 saturated carbocycles. The number of hydrogen-bond donors (Lipinski definition) is 1. The van der Waals surface area contributed by atoms with Crippen LogP contribution in [0.3, 0.4) is 0 Å². The van der Waals surface area contributed by atoms with Gasteiger partial charge in [0.25, 0.3) is 0 Å². The Morgan fingerprint density at radius 1 is 1.33 bits per heavy atom. The van der Waals surface area contributed by atoms with Crippen LogP contribution in [0.4, 0.5) is 5.69 Å². The third-order valence-corrected chi connectivity index (χ3v) is 3.81. The number of benzene rings is 1. The molecule has 0 spiro atoms. The number of ether oxygens (including phenoxy) is 1. The summed E-state index contributed by atoms with van der Waals surface area (Å²) < 4.78 is 10.5. The molecule has 3 aromatic rings. The lowest BCUT2D eigenvalue weighted by Crippen LogP contribution is -2.13. The van der Waals surface area contributed by atoms with Gasteiger partial charge in [-0.05, 0) is 25.5 Å². The number of aryl methyl sites for hydroxylation is 3. The summed E-state index contributed by atoms with van der Waals surface area (Å²) in [7, 11) is 1.61. The van der Waals surface area contributed by atoms with Gasteiger partial charge in [-0.3, -0.25) is 9.78 Å². The van der Waals surface area contributed by atoms with Gasteiger partial charge in [0.1, 0.15) is 17.0 Å². The van der Waals surface area contributed by atoms with E-state index in [2.05, 4.69) is 15.5 Å². The molecule has 0 saturated heterocycles. The maximum atomic E-state index is 12.3. The molecule has 0 aliphatic carbocycles. The second-order valence-electron chi connectivity index (χ2n) is 5.66. The highest BCUT2D eigenvalue weighted by Gasteiger charge is 2.13. The first-order valence-electron chi connectivity index (χ1n) is 7.73. The molecule has 0 aliphatic heterocycles. The molecule has 1 N–H and O–H groups in total. The van der Waals surface area contributed by atoms with Crippen LogP contribution in [0.5, 0.6) is 5.75 Å². The minimum Gasteiger partial charge on any atom is -0.494 e. The van der Waals surface area contributed by atoms with Crippen molar-refractivity contribution in [2.24, 2.45) is 0 Å². The molecule has 2 aromatic heterocycles. The summed E-state index contributed by atoms with van der Waals surface area (Å²) in [4.78, 5) is 16.7. The largest absolute Gasteiger partial charge is 0.494 e. The molecule has 6 nitrogen and oxygen atoms in total. The van der Waals surface area contributed by atoms with Crippen molar-refractivity contribution >= 4 is 22.5 Å². The minimum absolute atomic E-state index is 0.0810. The minimum atomic E-state index is -0.0810. The lowest BCUT2D eigenvalue weighted by molar-refractivity contribution is -0.116. The molecular weight excluding hydrogens is 306 g/mol. The molecule has 6 heteroatoms. The first-order chi connectivity index (χ1) is 11.6. The Hall–Kier alpha value is -2.89. The molecule has 0 aliphatic rings. The summed E-state index contributed by atoms with van der Waals surface area (Å²) in [6.45, 7) is 3.77. The Bertz CT molecular complexity index is 886. The number of anilines is 1. The molecule has 0 bridgehead atoms. The number of nitrogens with zero attached hydrogens (tertiary/aromatic N) is 2. The van der Waals surface area contributed by atoms with Crippen LogP contribution in [0.1, 0.15) is 23.4 Å². The van der Waals surface area contributed by atoms with Crippen LogP contribution in [-0.2, 0) is 11.2 Å². The SMILES string of the molecule is COc1cccc2c(NC(=O)CCc3cc(C)no3)c(C)cnc12. The van der Waals surface area contributed by atoms with E-state index in [0.29, 0.717) is 24.4 Å². The van der Waals surface area contributed by atoms with Crippen molar-refractivity contribution in [2.45, 2.75) is 26.7 Å². The second kappa shape index (κ2) is 6.70. The first kappa shape index (κ1) is 16.0. The van der Waals surface area contributed by atoms with Crippen molar-refractivity contribution < 1.29 is 14.1 Å². The topological polar surface area (TPSA) is 77.2 Å². The highest BCUT2D eigenvalue weighted by molar-refractivity contribution is 6.03. The highest BCUT2D eigenvalue weighted by Crippen LogP contribution is 2.31. The summed E-state index contributed by atoms with van der Waals surface area (Å²) in [5, 5.41) is 7.67. The zero-order chi connectivity index (χ0) is 17.1. The number of rotatable bonds is 5. The number of methoxy groups -OCH3 is 1. The van der Waals surface area contributed by atoms with Gasteiger partial charge in [0.15, 0.2) is 0 Å². The number of aromatic nitrogens is 2. The predicted molar refractivity (Wildman–Crippen MR) is 91.2 cm³/mol. The molecule has 0 fully saturated rings. The van der Waals surface area contributed by atoms with E-state index in [-0.39, 0.29) is 5.91 Å². The average Bonchev–Trinajstić information content (AvgIpc) is 3.00. The van der Waals surface area contributed by atoms with E-state index in [1.54, 1.807) is 13.3 Å². The Balaban J connectivity index is 1.81. The fourth-order valence-electron chi connectivity index (χ4n) is 2.60. The summed E-state index contributed by atoms with van der Waals surface area (Å²) in [6, 6.07) is 7.50. The molecule has 2 heterocycles. The summed E-state index contributed by atoms with van der Waals surface area (Å²) in [5.41, 5.74) is 3.21.